The Kier molecular flexibility index (Phi) is 5.34. The predicted octanol–water partition coefficient (Wildman–Crippen LogP) is 5.02. The highest BCUT2D eigenvalue weighted by atomic mass is 16.5. The summed E-state index contributed by atoms with van der Waals surface area (Å²) in [5, 5.41) is 3.18. The summed E-state index contributed by atoms with van der Waals surface area (Å²) >= 11 is 0. The molecular weight excluding hydrogens is 388 g/mol. The van der Waals surface area contributed by atoms with E-state index in [2.05, 4.69) is 5.32 Å². The normalized spacial score (nSPS) is 13.7. The Morgan fingerprint density at radius 1 is 0.774 bits per heavy atom. The van der Waals surface area contributed by atoms with Crippen molar-refractivity contribution < 1.29 is 14.3 Å². The van der Waals surface area contributed by atoms with Crippen LogP contribution in [-0.2, 0) is 9.59 Å². The Morgan fingerprint density at radius 3 is 2.06 bits per heavy atom. The predicted molar refractivity (Wildman–Crippen MR) is 123 cm³/mol. The van der Waals surface area contributed by atoms with Crippen molar-refractivity contribution >= 4 is 28.8 Å². The fourth-order valence-electron chi connectivity index (χ4n) is 3.63. The Hall–Kier alpha value is -3.86. The number of nitrogens with one attached hydrogen (secondary N) is 1. The van der Waals surface area contributed by atoms with Gasteiger partial charge in [0.15, 0.2) is 0 Å². The van der Waals surface area contributed by atoms with Gasteiger partial charge < -0.3 is 10.1 Å². The van der Waals surface area contributed by atoms with Crippen LogP contribution in [0.2, 0.25) is 0 Å². The van der Waals surface area contributed by atoms with Crippen LogP contribution in [0.25, 0.3) is 5.57 Å². The van der Waals surface area contributed by atoms with Crippen molar-refractivity contribution in [3.8, 4) is 5.75 Å². The molecule has 0 saturated carbocycles. The topological polar surface area (TPSA) is 58.6 Å². The van der Waals surface area contributed by atoms with Crippen molar-refractivity contribution in [2.24, 2.45) is 0 Å². The van der Waals surface area contributed by atoms with E-state index in [0.29, 0.717) is 28.3 Å². The van der Waals surface area contributed by atoms with Crippen LogP contribution in [0, 0.1) is 20.8 Å². The van der Waals surface area contributed by atoms with Gasteiger partial charge in [0.1, 0.15) is 11.4 Å². The minimum absolute atomic E-state index is 0.264. The van der Waals surface area contributed by atoms with E-state index in [1.807, 2.05) is 75.4 Å². The molecule has 156 valence electrons. The van der Waals surface area contributed by atoms with Crippen LogP contribution in [0.15, 0.2) is 72.4 Å². The van der Waals surface area contributed by atoms with Crippen LogP contribution in [0.5, 0.6) is 5.75 Å². The number of ether oxygens (including phenoxy) is 1. The first-order valence-electron chi connectivity index (χ1n) is 10.1. The number of aryl methyl sites for hydroxylation is 3. The number of imide groups is 1. The molecule has 1 aliphatic rings. The quantitative estimate of drug-likeness (QED) is 0.598. The van der Waals surface area contributed by atoms with Gasteiger partial charge in [0.25, 0.3) is 11.8 Å². The van der Waals surface area contributed by atoms with Gasteiger partial charge in [0.2, 0.25) is 0 Å². The zero-order valence-corrected chi connectivity index (χ0v) is 18.0. The second kappa shape index (κ2) is 8.11. The zero-order chi connectivity index (χ0) is 22.1. The lowest BCUT2D eigenvalue weighted by molar-refractivity contribution is -0.120. The van der Waals surface area contributed by atoms with Gasteiger partial charge in [0, 0.05) is 5.69 Å². The molecule has 2 amide bonds. The average Bonchev–Trinajstić information content (AvgIpc) is 3.00. The molecular formula is C26H24N2O3. The first kappa shape index (κ1) is 20.4. The number of carbonyl (C=O) groups excluding carboxylic acids is 2. The number of carbonyl (C=O) groups is 2. The minimum atomic E-state index is -0.370. The van der Waals surface area contributed by atoms with E-state index in [9.17, 15) is 9.59 Å². The maximum atomic E-state index is 13.6. The second-order valence-corrected chi connectivity index (χ2v) is 7.71. The van der Waals surface area contributed by atoms with Gasteiger partial charge in [-0.2, -0.15) is 0 Å². The third kappa shape index (κ3) is 3.82. The molecule has 0 saturated heterocycles. The molecule has 0 unspecified atom stereocenters. The molecule has 0 spiro atoms. The number of nitrogens with zero attached hydrogens (tertiary/aromatic N) is 1. The van der Waals surface area contributed by atoms with Crippen LogP contribution in [-0.4, -0.2) is 18.9 Å². The van der Waals surface area contributed by atoms with Crippen LogP contribution >= 0.6 is 0 Å². The minimum Gasteiger partial charge on any atom is -0.497 e. The molecule has 1 N–H and O–H groups in total. The van der Waals surface area contributed by atoms with Gasteiger partial charge in [0.05, 0.1) is 18.4 Å². The largest absolute Gasteiger partial charge is 0.497 e. The highest BCUT2D eigenvalue weighted by molar-refractivity contribution is 6.46. The van der Waals surface area contributed by atoms with Gasteiger partial charge in [-0.3, -0.25) is 9.59 Å². The third-order valence-electron chi connectivity index (χ3n) is 5.39. The van der Waals surface area contributed by atoms with Crippen molar-refractivity contribution in [3.05, 3.63) is 94.7 Å². The number of benzene rings is 3. The highest BCUT2D eigenvalue weighted by Gasteiger charge is 2.40. The smallest absolute Gasteiger partial charge is 0.282 e. The molecule has 5 nitrogen and oxygen atoms in total. The van der Waals surface area contributed by atoms with E-state index >= 15 is 0 Å². The maximum absolute atomic E-state index is 13.6. The van der Waals surface area contributed by atoms with Crippen LogP contribution in [0.4, 0.5) is 11.4 Å². The van der Waals surface area contributed by atoms with Crippen molar-refractivity contribution in [2.45, 2.75) is 20.8 Å². The summed E-state index contributed by atoms with van der Waals surface area (Å²) in [6.07, 6.45) is 0. The first-order valence-corrected chi connectivity index (χ1v) is 10.1. The average molecular weight is 412 g/mol. The number of hydrogen-bond donors (Lipinski definition) is 1. The summed E-state index contributed by atoms with van der Waals surface area (Å²) in [6.45, 7) is 5.83. The van der Waals surface area contributed by atoms with Crippen molar-refractivity contribution in [1.82, 2.24) is 0 Å². The number of methoxy groups -OCH3 is 1. The molecule has 1 heterocycles. The lowest BCUT2D eigenvalue weighted by atomic mass is 10.0. The van der Waals surface area contributed by atoms with Gasteiger partial charge >= 0.3 is 0 Å². The summed E-state index contributed by atoms with van der Waals surface area (Å²) in [4.78, 5) is 28.3. The molecule has 31 heavy (non-hydrogen) atoms. The number of amides is 2. The van der Waals surface area contributed by atoms with Crippen molar-refractivity contribution in [3.63, 3.8) is 0 Å². The van der Waals surface area contributed by atoms with Crippen LogP contribution in [0.1, 0.15) is 22.3 Å². The Morgan fingerprint density at radius 2 is 1.42 bits per heavy atom. The number of hydrogen-bond acceptors (Lipinski definition) is 4. The molecule has 0 fully saturated rings. The standard InChI is InChI=1S/C26H24N2O3/c1-16-6-9-19(10-7-16)23-24(27-20-11-13-21(31-4)14-12-20)26(30)28(25(23)29)22-15-17(2)5-8-18(22)3/h5-15,27H,1-4H3. The fourth-order valence-corrected chi connectivity index (χ4v) is 3.63. The molecule has 4 rings (SSSR count). The van der Waals surface area contributed by atoms with E-state index in [1.54, 1.807) is 19.2 Å². The van der Waals surface area contributed by atoms with Crippen LogP contribution < -0.4 is 15.0 Å². The summed E-state index contributed by atoms with van der Waals surface area (Å²) in [5.41, 5.74) is 5.55. The van der Waals surface area contributed by atoms with Crippen molar-refractivity contribution in [1.29, 1.82) is 0 Å². The van der Waals surface area contributed by atoms with E-state index < -0.39 is 0 Å². The molecule has 0 atom stereocenters. The second-order valence-electron chi connectivity index (χ2n) is 7.71. The number of rotatable bonds is 5. The molecule has 3 aromatic carbocycles. The van der Waals surface area contributed by atoms with E-state index in [1.165, 1.54) is 4.90 Å². The lowest BCUT2D eigenvalue weighted by Crippen LogP contribution is -2.33. The third-order valence-corrected chi connectivity index (χ3v) is 5.39. The van der Waals surface area contributed by atoms with Crippen LogP contribution in [0.3, 0.4) is 0 Å². The molecule has 0 bridgehead atoms. The fraction of sp³-hybridized carbons (Fsp3) is 0.154. The summed E-state index contributed by atoms with van der Waals surface area (Å²) in [5.74, 6) is 0.00721. The van der Waals surface area contributed by atoms with Gasteiger partial charge in [-0.25, -0.2) is 4.90 Å². The molecule has 3 aromatic rings. The zero-order valence-electron chi connectivity index (χ0n) is 18.0. The SMILES string of the molecule is COc1ccc(NC2=C(c3ccc(C)cc3)C(=O)N(c3cc(C)ccc3C)C2=O)cc1. The van der Waals surface area contributed by atoms with E-state index in [0.717, 1.165) is 16.7 Å². The summed E-state index contributed by atoms with van der Waals surface area (Å²) in [7, 11) is 1.60. The van der Waals surface area contributed by atoms with Gasteiger partial charge in [-0.1, -0.05) is 42.0 Å². The highest BCUT2D eigenvalue weighted by Crippen LogP contribution is 2.35. The van der Waals surface area contributed by atoms with E-state index in [-0.39, 0.29) is 17.5 Å². The Balaban J connectivity index is 1.82. The monoisotopic (exact) mass is 412 g/mol. The molecule has 0 radical (unpaired) electrons. The molecule has 5 heteroatoms. The Labute approximate surface area is 182 Å². The first-order chi connectivity index (χ1) is 14.9. The molecule has 1 aliphatic heterocycles. The molecule has 0 aliphatic carbocycles. The molecule has 0 aromatic heterocycles. The summed E-state index contributed by atoms with van der Waals surface area (Å²) in [6, 6.07) is 20.6. The number of anilines is 2. The lowest BCUT2D eigenvalue weighted by Gasteiger charge is -2.18. The van der Waals surface area contributed by atoms with Gasteiger partial charge in [-0.05, 0) is 67.8 Å². The van der Waals surface area contributed by atoms with Gasteiger partial charge in [-0.15, -0.1) is 0 Å². The van der Waals surface area contributed by atoms with E-state index in [4.69, 9.17) is 4.74 Å². The van der Waals surface area contributed by atoms with Crippen molar-refractivity contribution in [2.75, 3.05) is 17.3 Å². The summed E-state index contributed by atoms with van der Waals surface area (Å²) < 4.78 is 5.21. The maximum Gasteiger partial charge on any atom is 0.282 e. The Bertz CT molecular complexity index is 1190.